The van der Waals surface area contributed by atoms with Gasteiger partial charge in [-0.2, -0.15) is 0 Å². The summed E-state index contributed by atoms with van der Waals surface area (Å²) in [4.78, 5) is 14.2. The van der Waals surface area contributed by atoms with Crippen molar-refractivity contribution in [3.8, 4) is 0 Å². The zero-order chi connectivity index (χ0) is 21.6. The molecule has 0 aromatic heterocycles. The van der Waals surface area contributed by atoms with Crippen molar-refractivity contribution < 1.29 is 14.6 Å². The highest BCUT2D eigenvalue weighted by Gasteiger charge is 2.23. The number of ether oxygens (including phenoxy) is 1. The molecule has 1 aliphatic rings. The first kappa shape index (κ1) is 21.4. The lowest BCUT2D eigenvalue weighted by Gasteiger charge is -2.35. The van der Waals surface area contributed by atoms with E-state index < -0.39 is 6.41 Å². The minimum Gasteiger partial charge on any atom is -0.351 e. The molecule has 1 aliphatic heterocycles. The van der Waals surface area contributed by atoms with Gasteiger partial charge < -0.3 is 20.1 Å². The van der Waals surface area contributed by atoms with Crippen molar-refractivity contribution >= 4 is 23.2 Å². The van der Waals surface area contributed by atoms with Crippen molar-refractivity contribution in [2.24, 2.45) is 0 Å². The molecule has 0 fully saturated rings. The number of rotatable bonds is 7. The molecule has 0 spiro atoms. The highest BCUT2D eigenvalue weighted by molar-refractivity contribution is 6.30. The third-order valence-corrected chi connectivity index (χ3v) is 5.62. The van der Waals surface area contributed by atoms with E-state index in [1.54, 1.807) is 24.3 Å². The summed E-state index contributed by atoms with van der Waals surface area (Å²) in [5.74, 6) is -0.138. The van der Waals surface area contributed by atoms with Crippen LogP contribution in [0, 0.1) is 0 Å². The summed E-state index contributed by atoms with van der Waals surface area (Å²) < 4.78 is 5.71. The fraction of sp³-hybridized carbons (Fsp3) is 0.240. The van der Waals surface area contributed by atoms with Crippen LogP contribution in [0.15, 0.2) is 72.8 Å². The molecule has 0 saturated heterocycles. The molecule has 160 valence electrons. The lowest BCUT2D eigenvalue weighted by atomic mass is 9.99. The number of anilines is 1. The highest BCUT2D eigenvalue weighted by atomic mass is 35.5. The van der Waals surface area contributed by atoms with Gasteiger partial charge in [-0.05, 0) is 59.9 Å². The average molecular weight is 437 g/mol. The number of nitrogens with one attached hydrogen (secondary N) is 1. The molecule has 31 heavy (non-hydrogen) atoms. The molecular formula is C25H25ClN2O3. The minimum atomic E-state index is -1.00. The largest absolute Gasteiger partial charge is 0.351 e. The number of carbonyl (C=O) groups excluding carboxylic acids is 1. The van der Waals surface area contributed by atoms with Crippen molar-refractivity contribution in [1.29, 1.82) is 0 Å². The topological polar surface area (TPSA) is 61.8 Å². The maximum Gasteiger partial charge on any atom is 0.251 e. The Morgan fingerprint density at radius 1 is 1.06 bits per heavy atom. The lowest BCUT2D eigenvalue weighted by Crippen LogP contribution is -2.40. The second kappa shape index (κ2) is 9.96. The molecule has 1 atom stereocenters. The molecule has 3 aromatic carbocycles. The number of nitrogens with zero attached hydrogens (tertiary/aromatic N) is 1. The van der Waals surface area contributed by atoms with Gasteiger partial charge in [0.2, 0.25) is 6.41 Å². The molecule has 0 bridgehead atoms. The van der Waals surface area contributed by atoms with E-state index in [1.165, 1.54) is 0 Å². The van der Waals surface area contributed by atoms with Crippen LogP contribution in [0.3, 0.4) is 0 Å². The summed E-state index contributed by atoms with van der Waals surface area (Å²) >= 11 is 5.88. The van der Waals surface area contributed by atoms with Crippen LogP contribution in [0.25, 0.3) is 0 Å². The second-order valence-corrected chi connectivity index (χ2v) is 8.01. The zero-order valence-corrected chi connectivity index (χ0v) is 17.9. The lowest BCUT2D eigenvalue weighted by molar-refractivity contribution is -0.108. The molecule has 0 radical (unpaired) electrons. The van der Waals surface area contributed by atoms with Crippen LogP contribution in [0.4, 0.5) is 5.69 Å². The van der Waals surface area contributed by atoms with E-state index in [0.29, 0.717) is 23.7 Å². The van der Waals surface area contributed by atoms with Crippen LogP contribution in [-0.4, -0.2) is 24.0 Å². The number of hydrogen-bond donors (Lipinski definition) is 2. The minimum absolute atomic E-state index is 0.138. The number of hydrogen-bond acceptors (Lipinski definition) is 4. The molecule has 3 aromatic rings. The molecule has 1 unspecified atom stereocenters. The number of aliphatic hydroxyl groups excluding tert-OH is 1. The number of fused-ring (bicyclic) bond motifs is 1. The number of carbonyl (C=O) groups is 1. The fourth-order valence-corrected chi connectivity index (χ4v) is 3.87. The van der Waals surface area contributed by atoms with Crippen LogP contribution < -0.4 is 10.2 Å². The predicted octanol–water partition coefficient (Wildman–Crippen LogP) is 4.52. The summed E-state index contributed by atoms with van der Waals surface area (Å²) in [6.07, 6.45) is 0.852. The molecule has 5 nitrogen and oxygen atoms in total. The summed E-state index contributed by atoms with van der Waals surface area (Å²) in [5, 5.41) is 14.2. The van der Waals surface area contributed by atoms with E-state index in [4.69, 9.17) is 16.3 Å². The standard InChI is InChI=1S/C25H25ClN2O3/c26-22-11-9-20(10-12-22)24(29)27-16-19-8-13-23-21(15-19)7-4-14-28(23)25(30)31-17-18-5-2-1-3-6-18/h1-3,5-6,8-13,15,25,30H,4,7,14,16-17H2,(H,27,29). The van der Waals surface area contributed by atoms with Crippen molar-refractivity contribution in [1.82, 2.24) is 5.32 Å². The number of aliphatic hydroxyl groups is 1. The Hall–Kier alpha value is -2.86. The fourth-order valence-electron chi connectivity index (χ4n) is 3.74. The molecule has 4 rings (SSSR count). The summed E-state index contributed by atoms with van der Waals surface area (Å²) in [5.41, 5.74) is 4.73. The Kier molecular flexibility index (Phi) is 6.87. The quantitative estimate of drug-likeness (QED) is 0.535. The van der Waals surface area contributed by atoms with Gasteiger partial charge >= 0.3 is 0 Å². The normalized spacial score (nSPS) is 14.1. The maximum atomic E-state index is 12.3. The number of aryl methyl sites for hydroxylation is 1. The zero-order valence-electron chi connectivity index (χ0n) is 17.1. The average Bonchev–Trinajstić information content (AvgIpc) is 2.81. The summed E-state index contributed by atoms with van der Waals surface area (Å²) in [7, 11) is 0. The third kappa shape index (κ3) is 5.44. The number of halogens is 1. The monoisotopic (exact) mass is 436 g/mol. The van der Waals surface area contributed by atoms with Crippen LogP contribution >= 0.6 is 11.6 Å². The van der Waals surface area contributed by atoms with Gasteiger partial charge in [0.05, 0.1) is 6.61 Å². The second-order valence-electron chi connectivity index (χ2n) is 7.57. The number of benzene rings is 3. The number of amides is 1. The highest BCUT2D eigenvalue weighted by Crippen LogP contribution is 2.29. The maximum absolute atomic E-state index is 12.3. The predicted molar refractivity (Wildman–Crippen MR) is 122 cm³/mol. The van der Waals surface area contributed by atoms with Crippen LogP contribution in [0.2, 0.25) is 5.02 Å². The van der Waals surface area contributed by atoms with Crippen LogP contribution in [0.5, 0.6) is 0 Å². The van der Waals surface area contributed by atoms with Crippen LogP contribution in [-0.2, 0) is 24.3 Å². The Labute approximate surface area is 187 Å². The third-order valence-electron chi connectivity index (χ3n) is 5.37. The molecule has 0 saturated carbocycles. The Morgan fingerprint density at radius 3 is 2.61 bits per heavy atom. The first-order valence-electron chi connectivity index (χ1n) is 10.4. The van der Waals surface area contributed by atoms with Gasteiger partial charge in [0.1, 0.15) is 0 Å². The van der Waals surface area contributed by atoms with Gasteiger partial charge in [-0.25, -0.2) is 0 Å². The van der Waals surface area contributed by atoms with Gasteiger partial charge in [0.15, 0.2) is 0 Å². The van der Waals surface area contributed by atoms with Crippen molar-refractivity contribution in [3.05, 3.63) is 100 Å². The van der Waals surface area contributed by atoms with Crippen molar-refractivity contribution in [3.63, 3.8) is 0 Å². The molecule has 1 amide bonds. The molecule has 1 heterocycles. The van der Waals surface area contributed by atoms with Gasteiger partial charge in [0, 0.05) is 29.4 Å². The molecule has 6 heteroatoms. The van der Waals surface area contributed by atoms with E-state index >= 15 is 0 Å². The smallest absolute Gasteiger partial charge is 0.251 e. The summed E-state index contributed by atoms with van der Waals surface area (Å²) in [6.45, 7) is 1.51. The first-order valence-corrected chi connectivity index (χ1v) is 10.7. The van der Waals surface area contributed by atoms with E-state index in [2.05, 4.69) is 11.4 Å². The van der Waals surface area contributed by atoms with E-state index in [-0.39, 0.29) is 5.91 Å². The molecular weight excluding hydrogens is 412 g/mol. The van der Waals surface area contributed by atoms with Gasteiger partial charge in [-0.15, -0.1) is 0 Å². The van der Waals surface area contributed by atoms with Gasteiger partial charge in [-0.3, -0.25) is 4.79 Å². The Balaban J connectivity index is 1.38. The van der Waals surface area contributed by atoms with Crippen LogP contribution in [0.1, 0.15) is 33.5 Å². The molecule has 2 N–H and O–H groups in total. The SMILES string of the molecule is O=C(NCc1ccc2c(c1)CCCN2C(O)OCc1ccccc1)c1ccc(Cl)cc1. The summed E-state index contributed by atoms with van der Waals surface area (Å²) in [6, 6.07) is 22.7. The van der Waals surface area contributed by atoms with E-state index in [0.717, 1.165) is 41.8 Å². The van der Waals surface area contributed by atoms with Gasteiger partial charge in [-0.1, -0.05) is 54.1 Å². The van der Waals surface area contributed by atoms with Crippen molar-refractivity contribution in [2.75, 3.05) is 11.4 Å². The van der Waals surface area contributed by atoms with Gasteiger partial charge in [0.25, 0.3) is 5.91 Å². The first-order chi connectivity index (χ1) is 15.1. The molecule has 0 aliphatic carbocycles. The Bertz CT molecular complexity index is 1020. The van der Waals surface area contributed by atoms with Crippen molar-refractivity contribution in [2.45, 2.75) is 32.4 Å². The Morgan fingerprint density at radius 2 is 1.84 bits per heavy atom. The van der Waals surface area contributed by atoms with E-state index in [9.17, 15) is 9.90 Å². The van der Waals surface area contributed by atoms with E-state index in [1.807, 2.05) is 47.4 Å².